The van der Waals surface area contributed by atoms with E-state index >= 15 is 0 Å². The second-order valence-corrected chi connectivity index (χ2v) is 4.61. The molecular formula is C15H19N3O. The van der Waals surface area contributed by atoms with E-state index in [9.17, 15) is 5.11 Å². The monoisotopic (exact) mass is 257 g/mol. The maximum atomic E-state index is 9.82. The summed E-state index contributed by atoms with van der Waals surface area (Å²) in [6.07, 6.45) is 0. The van der Waals surface area contributed by atoms with Gasteiger partial charge in [0.2, 0.25) is 0 Å². The first-order valence-electron chi connectivity index (χ1n) is 6.16. The summed E-state index contributed by atoms with van der Waals surface area (Å²) in [5, 5.41) is 13.1. The zero-order chi connectivity index (χ0) is 13.8. The molecule has 19 heavy (non-hydrogen) atoms. The Balaban J connectivity index is 2.19. The number of hydrogen-bond donors (Lipinski definition) is 3. The summed E-state index contributed by atoms with van der Waals surface area (Å²) in [6.45, 7) is 0.489. The van der Waals surface area contributed by atoms with Crippen LogP contribution < -0.4 is 16.0 Å². The van der Waals surface area contributed by atoms with E-state index in [-0.39, 0.29) is 5.75 Å². The Morgan fingerprint density at radius 1 is 1.11 bits per heavy atom. The van der Waals surface area contributed by atoms with Crippen LogP contribution in [0.2, 0.25) is 0 Å². The Kier molecular flexibility index (Phi) is 3.80. The lowest BCUT2D eigenvalue weighted by Gasteiger charge is -2.19. The Bertz CT molecular complexity index is 547. The van der Waals surface area contributed by atoms with Crippen LogP contribution in [0.15, 0.2) is 42.5 Å². The van der Waals surface area contributed by atoms with E-state index in [0.29, 0.717) is 12.2 Å². The van der Waals surface area contributed by atoms with Gasteiger partial charge in [0.1, 0.15) is 5.75 Å². The molecule has 0 heterocycles. The van der Waals surface area contributed by atoms with E-state index in [4.69, 9.17) is 5.73 Å². The van der Waals surface area contributed by atoms with Gasteiger partial charge in [-0.3, -0.25) is 0 Å². The highest BCUT2D eigenvalue weighted by Crippen LogP contribution is 2.27. The molecule has 0 unspecified atom stereocenters. The molecule has 0 bridgehead atoms. The second-order valence-electron chi connectivity index (χ2n) is 4.61. The van der Waals surface area contributed by atoms with Crippen LogP contribution >= 0.6 is 0 Å². The summed E-state index contributed by atoms with van der Waals surface area (Å²) < 4.78 is 0. The molecule has 4 N–H and O–H groups in total. The van der Waals surface area contributed by atoms with E-state index in [1.165, 1.54) is 0 Å². The van der Waals surface area contributed by atoms with Crippen LogP contribution in [-0.4, -0.2) is 19.2 Å². The molecular weight excluding hydrogens is 238 g/mol. The number of para-hydroxylation sites is 2. The molecule has 0 saturated heterocycles. The summed E-state index contributed by atoms with van der Waals surface area (Å²) >= 11 is 0. The zero-order valence-corrected chi connectivity index (χ0v) is 11.2. The molecule has 0 aliphatic heterocycles. The fraction of sp³-hybridized carbons (Fsp3) is 0.200. The molecule has 2 aromatic rings. The number of nitrogens with zero attached hydrogens (tertiary/aromatic N) is 1. The first-order chi connectivity index (χ1) is 9.09. The quantitative estimate of drug-likeness (QED) is 0.737. The summed E-state index contributed by atoms with van der Waals surface area (Å²) in [7, 11) is 3.99. The van der Waals surface area contributed by atoms with E-state index in [1.54, 1.807) is 18.2 Å². The largest absolute Gasteiger partial charge is 0.508 e. The van der Waals surface area contributed by atoms with Crippen LogP contribution in [0.5, 0.6) is 5.75 Å². The van der Waals surface area contributed by atoms with E-state index in [0.717, 1.165) is 16.9 Å². The van der Waals surface area contributed by atoms with Crippen LogP contribution in [0.3, 0.4) is 0 Å². The molecule has 0 radical (unpaired) electrons. The Labute approximate surface area is 113 Å². The maximum absolute atomic E-state index is 9.82. The van der Waals surface area contributed by atoms with Crippen molar-refractivity contribution < 1.29 is 5.11 Å². The van der Waals surface area contributed by atoms with Crippen molar-refractivity contribution in [2.45, 2.75) is 6.54 Å². The molecule has 100 valence electrons. The van der Waals surface area contributed by atoms with Gasteiger partial charge in [0.15, 0.2) is 0 Å². The lowest BCUT2D eigenvalue weighted by Crippen LogP contribution is -2.12. The fourth-order valence-corrected chi connectivity index (χ4v) is 1.98. The topological polar surface area (TPSA) is 61.5 Å². The predicted molar refractivity (Wildman–Crippen MR) is 80.6 cm³/mol. The second kappa shape index (κ2) is 5.52. The van der Waals surface area contributed by atoms with Gasteiger partial charge in [-0.25, -0.2) is 0 Å². The van der Waals surface area contributed by atoms with Crippen LogP contribution in [-0.2, 0) is 6.54 Å². The van der Waals surface area contributed by atoms with Gasteiger partial charge in [-0.05, 0) is 24.3 Å². The third-order valence-electron chi connectivity index (χ3n) is 3.03. The molecule has 0 aliphatic rings. The van der Waals surface area contributed by atoms with Crippen LogP contribution in [0, 0.1) is 0 Å². The number of phenolic OH excluding ortho intramolecular Hbond substituents is 1. The molecule has 2 rings (SSSR count). The summed E-state index contributed by atoms with van der Waals surface area (Å²) in [4.78, 5) is 2.04. The summed E-state index contributed by atoms with van der Waals surface area (Å²) in [6, 6.07) is 13.2. The number of anilines is 3. The molecule has 0 atom stereocenters. The summed E-state index contributed by atoms with van der Waals surface area (Å²) in [5.41, 5.74) is 9.29. The van der Waals surface area contributed by atoms with Crippen LogP contribution in [0.25, 0.3) is 0 Å². The van der Waals surface area contributed by atoms with Crippen molar-refractivity contribution in [3.63, 3.8) is 0 Å². The average molecular weight is 257 g/mol. The molecule has 2 aromatic carbocycles. The number of rotatable bonds is 4. The molecule has 4 heteroatoms. The van der Waals surface area contributed by atoms with Crippen LogP contribution in [0.1, 0.15) is 5.56 Å². The first kappa shape index (κ1) is 13.1. The molecule has 0 fully saturated rings. The Morgan fingerprint density at radius 2 is 1.84 bits per heavy atom. The van der Waals surface area contributed by atoms with Crippen molar-refractivity contribution in [2.24, 2.45) is 0 Å². The van der Waals surface area contributed by atoms with Crippen molar-refractivity contribution in [3.8, 4) is 5.75 Å². The normalized spacial score (nSPS) is 10.2. The molecule has 0 aromatic heterocycles. The van der Waals surface area contributed by atoms with Gasteiger partial charge in [-0.1, -0.05) is 18.2 Å². The number of nitrogen functional groups attached to an aromatic ring is 1. The number of nitrogens with two attached hydrogens (primary N) is 1. The van der Waals surface area contributed by atoms with Gasteiger partial charge >= 0.3 is 0 Å². The number of nitrogens with one attached hydrogen (secondary N) is 1. The lowest BCUT2D eigenvalue weighted by molar-refractivity contribution is 0.469. The highest BCUT2D eigenvalue weighted by atomic mass is 16.3. The first-order valence-corrected chi connectivity index (χ1v) is 6.16. The van der Waals surface area contributed by atoms with Gasteiger partial charge in [0, 0.05) is 31.9 Å². The van der Waals surface area contributed by atoms with E-state index in [2.05, 4.69) is 5.32 Å². The van der Waals surface area contributed by atoms with Crippen molar-refractivity contribution in [1.82, 2.24) is 0 Å². The number of phenols is 1. The molecule has 4 nitrogen and oxygen atoms in total. The SMILES string of the molecule is CN(C)c1ccccc1NCc1c(N)cccc1O. The highest BCUT2D eigenvalue weighted by molar-refractivity contribution is 5.70. The minimum atomic E-state index is 0.217. The fourth-order valence-electron chi connectivity index (χ4n) is 1.98. The molecule has 0 saturated carbocycles. The van der Waals surface area contributed by atoms with E-state index < -0.39 is 0 Å². The van der Waals surface area contributed by atoms with Gasteiger partial charge in [-0.15, -0.1) is 0 Å². The van der Waals surface area contributed by atoms with Gasteiger partial charge in [-0.2, -0.15) is 0 Å². The standard InChI is InChI=1S/C15H19N3O/c1-18(2)14-8-4-3-7-13(14)17-10-11-12(16)6-5-9-15(11)19/h3-9,17,19H,10,16H2,1-2H3. The van der Waals surface area contributed by atoms with Crippen molar-refractivity contribution in [1.29, 1.82) is 0 Å². The minimum Gasteiger partial charge on any atom is -0.508 e. The third kappa shape index (κ3) is 2.91. The molecule has 0 spiro atoms. The van der Waals surface area contributed by atoms with Crippen molar-refractivity contribution in [2.75, 3.05) is 30.0 Å². The lowest BCUT2D eigenvalue weighted by atomic mass is 10.1. The number of benzene rings is 2. The third-order valence-corrected chi connectivity index (χ3v) is 3.03. The van der Waals surface area contributed by atoms with Crippen molar-refractivity contribution in [3.05, 3.63) is 48.0 Å². The van der Waals surface area contributed by atoms with Crippen LogP contribution in [0.4, 0.5) is 17.1 Å². The maximum Gasteiger partial charge on any atom is 0.122 e. The van der Waals surface area contributed by atoms with Gasteiger partial charge in [0.05, 0.1) is 11.4 Å². The van der Waals surface area contributed by atoms with E-state index in [1.807, 2.05) is 43.3 Å². The zero-order valence-electron chi connectivity index (χ0n) is 11.2. The predicted octanol–water partition coefficient (Wildman–Crippen LogP) is 2.65. The Hall–Kier alpha value is -2.36. The highest BCUT2D eigenvalue weighted by Gasteiger charge is 2.07. The molecule has 0 amide bonds. The van der Waals surface area contributed by atoms with Gasteiger partial charge in [0.25, 0.3) is 0 Å². The minimum absolute atomic E-state index is 0.217. The average Bonchev–Trinajstić information content (AvgIpc) is 2.38. The smallest absolute Gasteiger partial charge is 0.122 e. The summed E-state index contributed by atoms with van der Waals surface area (Å²) in [5.74, 6) is 0.217. The van der Waals surface area contributed by atoms with Crippen molar-refractivity contribution >= 4 is 17.1 Å². The van der Waals surface area contributed by atoms with Gasteiger partial charge < -0.3 is 21.1 Å². The molecule has 0 aliphatic carbocycles. The number of aromatic hydroxyl groups is 1. The number of hydrogen-bond acceptors (Lipinski definition) is 4. The Morgan fingerprint density at radius 3 is 2.53 bits per heavy atom.